The molecule has 5 rings (SSSR count). The van der Waals surface area contributed by atoms with Gasteiger partial charge in [-0.05, 0) is 61.3 Å². The average molecular weight is 506 g/mol. The van der Waals surface area contributed by atoms with Gasteiger partial charge in [-0.2, -0.15) is 0 Å². The summed E-state index contributed by atoms with van der Waals surface area (Å²) in [5.74, 6) is 0.0145. The molecule has 8 heteroatoms. The van der Waals surface area contributed by atoms with Gasteiger partial charge in [0.25, 0.3) is 15.9 Å². The van der Waals surface area contributed by atoms with E-state index in [0.29, 0.717) is 18.0 Å². The van der Waals surface area contributed by atoms with Crippen molar-refractivity contribution in [2.45, 2.75) is 43.4 Å². The number of fused-ring (bicyclic) bond motifs is 1. The molecule has 1 N–H and O–H groups in total. The Bertz CT molecular complexity index is 1290. The molecule has 2 aliphatic heterocycles. The fraction of sp³-hybridized carbons (Fsp3) is 0.321. The largest absolute Gasteiger partial charge is 0.476 e. The van der Waals surface area contributed by atoms with Crippen LogP contribution in [0.15, 0.2) is 83.8 Å². The summed E-state index contributed by atoms with van der Waals surface area (Å²) in [5, 5.41) is 2.92. The summed E-state index contributed by atoms with van der Waals surface area (Å²) in [7, 11) is -3.86. The molecule has 0 radical (unpaired) electrons. The number of carbonyl (C=O) groups is 1. The molecule has 3 aromatic carbocycles. The summed E-state index contributed by atoms with van der Waals surface area (Å²) in [4.78, 5) is 15.7. The van der Waals surface area contributed by atoms with Gasteiger partial charge >= 0.3 is 0 Å². The number of likely N-dealkylation sites (tertiary alicyclic amines) is 1. The highest BCUT2D eigenvalue weighted by atomic mass is 32.2. The Morgan fingerprint density at radius 3 is 2.28 bits per heavy atom. The van der Waals surface area contributed by atoms with Crippen molar-refractivity contribution in [3.05, 3.63) is 90.0 Å². The fourth-order valence-electron chi connectivity index (χ4n) is 4.73. The second-order valence-corrected chi connectivity index (χ2v) is 11.2. The van der Waals surface area contributed by atoms with E-state index in [1.54, 1.807) is 54.6 Å². The first-order valence-corrected chi connectivity index (χ1v) is 13.9. The van der Waals surface area contributed by atoms with E-state index in [2.05, 4.69) is 22.3 Å². The molecular formula is C28H31N3O4S. The maximum atomic E-state index is 13.4. The van der Waals surface area contributed by atoms with Crippen LogP contribution in [0.4, 0.5) is 5.69 Å². The van der Waals surface area contributed by atoms with Crippen molar-refractivity contribution < 1.29 is 17.9 Å². The second-order valence-electron chi connectivity index (χ2n) is 9.29. The summed E-state index contributed by atoms with van der Waals surface area (Å²) >= 11 is 0. The number of hydrogen-bond acceptors (Lipinski definition) is 5. The van der Waals surface area contributed by atoms with Crippen molar-refractivity contribution in [3.63, 3.8) is 0 Å². The van der Waals surface area contributed by atoms with Gasteiger partial charge in [0.15, 0.2) is 6.10 Å². The minimum atomic E-state index is -3.86. The van der Waals surface area contributed by atoms with Crippen LogP contribution < -0.4 is 14.4 Å². The minimum Gasteiger partial charge on any atom is -0.476 e. The summed E-state index contributed by atoms with van der Waals surface area (Å²) < 4.78 is 34.0. The third-order valence-electron chi connectivity index (χ3n) is 6.70. The third-order valence-corrected chi connectivity index (χ3v) is 8.50. The Kier molecular flexibility index (Phi) is 7.25. The number of ether oxygens (including phenoxy) is 1. The van der Waals surface area contributed by atoms with Crippen LogP contribution in [0, 0.1) is 0 Å². The van der Waals surface area contributed by atoms with Gasteiger partial charge in [-0.25, -0.2) is 8.42 Å². The first-order valence-electron chi connectivity index (χ1n) is 12.4. The van der Waals surface area contributed by atoms with Crippen molar-refractivity contribution in [3.8, 4) is 5.75 Å². The maximum Gasteiger partial charge on any atom is 0.264 e. The highest BCUT2D eigenvalue weighted by Gasteiger charge is 2.37. The number of anilines is 1. The average Bonchev–Trinajstić information content (AvgIpc) is 2.93. The predicted octanol–water partition coefficient (Wildman–Crippen LogP) is 3.95. The van der Waals surface area contributed by atoms with Gasteiger partial charge in [0.1, 0.15) is 5.75 Å². The van der Waals surface area contributed by atoms with Gasteiger partial charge in [0, 0.05) is 13.1 Å². The van der Waals surface area contributed by atoms with Crippen molar-refractivity contribution >= 4 is 21.6 Å². The van der Waals surface area contributed by atoms with E-state index in [9.17, 15) is 13.2 Å². The zero-order chi connectivity index (χ0) is 25.0. The molecule has 36 heavy (non-hydrogen) atoms. The lowest BCUT2D eigenvalue weighted by Gasteiger charge is -2.34. The number of benzene rings is 3. The molecule has 0 aliphatic carbocycles. The number of nitrogens with zero attached hydrogens (tertiary/aromatic N) is 2. The van der Waals surface area contributed by atoms with E-state index >= 15 is 0 Å². The molecule has 0 unspecified atom stereocenters. The first kappa shape index (κ1) is 24.3. The Balaban J connectivity index is 1.25. The number of amides is 1. The summed E-state index contributed by atoms with van der Waals surface area (Å²) in [6.07, 6.45) is 2.89. The van der Waals surface area contributed by atoms with Crippen molar-refractivity contribution in [1.29, 1.82) is 0 Å². The van der Waals surface area contributed by atoms with Gasteiger partial charge in [0.05, 0.1) is 17.1 Å². The molecule has 0 spiro atoms. The molecule has 3 aromatic rings. The molecule has 1 atom stereocenters. The van der Waals surface area contributed by atoms with Crippen molar-refractivity contribution in [1.82, 2.24) is 10.2 Å². The Morgan fingerprint density at radius 2 is 1.53 bits per heavy atom. The number of hydrogen-bond donors (Lipinski definition) is 1. The fourth-order valence-corrected chi connectivity index (χ4v) is 6.22. The first-order chi connectivity index (χ1) is 17.5. The Hall–Kier alpha value is -3.36. The van der Waals surface area contributed by atoms with Gasteiger partial charge in [0.2, 0.25) is 0 Å². The van der Waals surface area contributed by atoms with E-state index < -0.39 is 16.1 Å². The summed E-state index contributed by atoms with van der Waals surface area (Å²) in [6, 6.07) is 23.4. The van der Waals surface area contributed by atoms with E-state index in [1.165, 1.54) is 29.1 Å². The number of sulfonamides is 1. The van der Waals surface area contributed by atoms with Gasteiger partial charge in [-0.3, -0.25) is 14.0 Å². The van der Waals surface area contributed by atoms with Gasteiger partial charge in [-0.1, -0.05) is 61.0 Å². The maximum absolute atomic E-state index is 13.4. The van der Waals surface area contributed by atoms with Crippen LogP contribution in [0.5, 0.6) is 5.75 Å². The van der Waals surface area contributed by atoms with Crippen LogP contribution in [-0.4, -0.2) is 45.0 Å². The summed E-state index contributed by atoms with van der Waals surface area (Å²) in [5.41, 5.74) is 2.67. The lowest BCUT2D eigenvalue weighted by Crippen LogP contribution is -2.50. The second kappa shape index (κ2) is 10.7. The molecule has 0 aromatic heterocycles. The standard InChI is InChI=1S/C28H31N3O4S/c32-28(29-19-22-13-15-23(16-14-22)20-30-17-7-2-8-18-30)27-21-31(25-11-5-6-12-26(25)35-27)36(33,34)24-9-3-1-4-10-24/h1,3-6,9-16,27H,2,7-8,17-21H2,(H,29,32)/t27-/m1/s1. The van der Waals surface area contributed by atoms with Crippen LogP contribution in [-0.2, 0) is 27.9 Å². The highest BCUT2D eigenvalue weighted by Crippen LogP contribution is 2.36. The number of para-hydroxylation sites is 2. The number of piperidine rings is 1. The smallest absolute Gasteiger partial charge is 0.264 e. The van der Waals surface area contributed by atoms with E-state index in [1.807, 2.05) is 12.1 Å². The minimum absolute atomic E-state index is 0.102. The molecule has 1 amide bonds. The SMILES string of the molecule is O=C(NCc1ccc(CN2CCCCC2)cc1)[C@H]1CN(S(=O)(=O)c2ccccc2)c2ccccc2O1. The number of rotatable bonds is 7. The Labute approximate surface area is 212 Å². The zero-order valence-electron chi connectivity index (χ0n) is 20.2. The third kappa shape index (κ3) is 5.39. The van der Waals surface area contributed by atoms with Crippen LogP contribution in [0.25, 0.3) is 0 Å². The van der Waals surface area contributed by atoms with Crippen LogP contribution in [0.2, 0.25) is 0 Å². The number of nitrogens with one attached hydrogen (secondary N) is 1. The molecule has 7 nitrogen and oxygen atoms in total. The topological polar surface area (TPSA) is 79.0 Å². The molecule has 188 valence electrons. The molecule has 1 fully saturated rings. The lowest BCUT2D eigenvalue weighted by molar-refractivity contribution is -0.127. The molecule has 2 heterocycles. The molecule has 0 bridgehead atoms. The van der Waals surface area contributed by atoms with Crippen molar-refractivity contribution in [2.75, 3.05) is 23.9 Å². The summed E-state index contributed by atoms with van der Waals surface area (Å²) in [6.45, 7) is 3.50. The Morgan fingerprint density at radius 1 is 0.861 bits per heavy atom. The molecular weight excluding hydrogens is 474 g/mol. The quantitative estimate of drug-likeness (QED) is 0.526. The highest BCUT2D eigenvalue weighted by molar-refractivity contribution is 7.92. The van der Waals surface area contributed by atoms with Crippen LogP contribution >= 0.6 is 0 Å². The molecule has 0 saturated carbocycles. The van der Waals surface area contributed by atoms with E-state index in [0.717, 1.165) is 25.2 Å². The van der Waals surface area contributed by atoms with Gasteiger partial charge < -0.3 is 10.1 Å². The molecule has 1 saturated heterocycles. The van der Waals surface area contributed by atoms with E-state index in [-0.39, 0.29) is 17.3 Å². The van der Waals surface area contributed by atoms with E-state index in [4.69, 9.17) is 4.74 Å². The van der Waals surface area contributed by atoms with Crippen LogP contribution in [0.1, 0.15) is 30.4 Å². The molecule has 2 aliphatic rings. The van der Waals surface area contributed by atoms with Crippen LogP contribution in [0.3, 0.4) is 0 Å². The monoisotopic (exact) mass is 505 g/mol. The van der Waals surface area contributed by atoms with Crippen molar-refractivity contribution in [2.24, 2.45) is 0 Å². The lowest BCUT2D eigenvalue weighted by atomic mass is 10.1. The normalized spacial score (nSPS) is 18.2. The number of carbonyl (C=O) groups excluding carboxylic acids is 1. The van der Waals surface area contributed by atoms with Gasteiger partial charge in [-0.15, -0.1) is 0 Å². The predicted molar refractivity (Wildman–Crippen MR) is 139 cm³/mol. The zero-order valence-corrected chi connectivity index (χ0v) is 21.0.